The van der Waals surface area contributed by atoms with Gasteiger partial charge >= 0.3 is 6.01 Å². The molecule has 5 nitrogen and oxygen atoms in total. The maximum absolute atomic E-state index is 11.1. The number of nitrogens with zero attached hydrogens (tertiary/aromatic N) is 3. The fourth-order valence-electron chi connectivity index (χ4n) is 1.64. The minimum atomic E-state index is -0.422. The summed E-state index contributed by atoms with van der Waals surface area (Å²) in [6.07, 6.45) is 0.910. The van der Waals surface area contributed by atoms with Crippen molar-refractivity contribution >= 4 is 6.01 Å². The highest BCUT2D eigenvalue weighted by Gasteiger charge is 2.22. The molecule has 1 aromatic rings. The summed E-state index contributed by atoms with van der Waals surface area (Å²) >= 11 is 0. The third-order valence-corrected chi connectivity index (χ3v) is 2.66. The molecule has 0 spiro atoms. The smallest absolute Gasteiger partial charge is 0.324 e. The van der Waals surface area contributed by atoms with E-state index in [2.05, 4.69) is 10.1 Å². The Morgan fingerprint density at radius 3 is 2.60 bits per heavy atom. The average molecular weight is 210 g/mol. The van der Waals surface area contributed by atoms with E-state index in [0.717, 1.165) is 18.9 Å². The van der Waals surface area contributed by atoms with Gasteiger partial charge in [0, 0.05) is 19.0 Å². The molecule has 0 saturated carbocycles. The van der Waals surface area contributed by atoms with Crippen molar-refractivity contribution in [3.05, 3.63) is 5.82 Å². The molecular formula is C10H16N3O2. The molecule has 1 radical (unpaired) electrons. The monoisotopic (exact) mass is 210 g/mol. The van der Waals surface area contributed by atoms with E-state index >= 15 is 0 Å². The minimum absolute atomic E-state index is 0.277. The summed E-state index contributed by atoms with van der Waals surface area (Å²) in [6.45, 7) is 5.51. The van der Waals surface area contributed by atoms with Gasteiger partial charge in [-0.3, -0.25) is 0 Å². The Labute approximate surface area is 89.1 Å². The van der Waals surface area contributed by atoms with Crippen LogP contribution in [0.25, 0.3) is 0 Å². The quantitative estimate of drug-likeness (QED) is 0.743. The highest BCUT2D eigenvalue weighted by Crippen LogP contribution is 2.20. The zero-order valence-electron chi connectivity index (χ0n) is 9.14. The van der Waals surface area contributed by atoms with Gasteiger partial charge in [0.05, 0.1) is 6.10 Å². The van der Waals surface area contributed by atoms with Crippen LogP contribution in [0, 0.1) is 0 Å². The largest absolute Gasteiger partial charge is 0.324 e. The third kappa shape index (κ3) is 2.28. The van der Waals surface area contributed by atoms with E-state index in [1.807, 2.05) is 18.7 Å². The van der Waals surface area contributed by atoms with Crippen LogP contribution in [0.4, 0.5) is 6.01 Å². The van der Waals surface area contributed by atoms with E-state index in [1.54, 1.807) is 0 Å². The molecule has 2 rings (SSSR count). The number of anilines is 1. The summed E-state index contributed by atoms with van der Waals surface area (Å²) in [4.78, 5) is 6.30. The lowest BCUT2D eigenvalue weighted by molar-refractivity contribution is 0.0665. The topological polar surface area (TPSA) is 62.1 Å². The van der Waals surface area contributed by atoms with Crippen LogP contribution in [0.15, 0.2) is 4.52 Å². The molecule has 1 saturated heterocycles. The zero-order valence-corrected chi connectivity index (χ0v) is 9.14. The second-order valence-electron chi connectivity index (χ2n) is 4.28. The van der Waals surface area contributed by atoms with Gasteiger partial charge in [0.15, 0.2) is 5.82 Å². The van der Waals surface area contributed by atoms with Crippen molar-refractivity contribution in [2.75, 3.05) is 18.0 Å². The van der Waals surface area contributed by atoms with Crippen LogP contribution in [-0.4, -0.2) is 29.3 Å². The lowest BCUT2D eigenvalue weighted by Gasteiger charge is -2.26. The lowest BCUT2D eigenvalue weighted by atomic mass is 10.1. The van der Waals surface area contributed by atoms with Gasteiger partial charge in [0.1, 0.15) is 0 Å². The van der Waals surface area contributed by atoms with E-state index in [-0.39, 0.29) is 5.92 Å². The molecule has 0 bridgehead atoms. The molecule has 0 amide bonds. The summed E-state index contributed by atoms with van der Waals surface area (Å²) in [5.41, 5.74) is 0. The van der Waals surface area contributed by atoms with Crippen LogP contribution in [0.2, 0.25) is 0 Å². The predicted octanol–water partition coefficient (Wildman–Crippen LogP) is 1.59. The van der Waals surface area contributed by atoms with Crippen LogP contribution in [0.3, 0.4) is 0 Å². The van der Waals surface area contributed by atoms with Crippen LogP contribution >= 0.6 is 0 Å². The van der Waals surface area contributed by atoms with Crippen LogP contribution in [0.5, 0.6) is 0 Å². The molecule has 0 unspecified atom stereocenters. The lowest BCUT2D eigenvalue weighted by Crippen LogP contribution is -2.35. The van der Waals surface area contributed by atoms with Gasteiger partial charge in [0.25, 0.3) is 0 Å². The Hall–Kier alpha value is -1.10. The summed E-state index contributed by atoms with van der Waals surface area (Å²) in [7, 11) is 0. The molecule has 2 heterocycles. The minimum Gasteiger partial charge on any atom is -0.324 e. The van der Waals surface area contributed by atoms with Gasteiger partial charge in [-0.2, -0.15) is 4.98 Å². The Bertz CT molecular complexity index is 316. The molecule has 0 atom stereocenters. The summed E-state index contributed by atoms with van der Waals surface area (Å²) < 4.78 is 5.16. The van der Waals surface area contributed by atoms with Gasteiger partial charge in [-0.1, -0.05) is 19.0 Å². The van der Waals surface area contributed by atoms with Crippen molar-refractivity contribution in [1.29, 1.82) is 0 Å². The number of hydrogen-bond acceptors (Lipinski definition) is 4. The first-order valence-electron chi connectivity index (χ1n) is 5.41. The van der Waals surface area contributed by atoms with Crippen molar-refractivity contribution in [3.63, 3.8) is 0 Å². The van der Waals surface area contributed by atoms with E-state index in [0.29, 0.717) is 18.9 Å². The Balaban J connectivity index is 2.03. The van der Waals surface area contributed by atoms with Crippen molar-refractivity contribution in [2.24, 2.45) is 0 Å². The molecule has 1 aromatic heterocycles. The van der Waals surface area contributed by atoms with Gasteiger partial charge in [-0.05, 0) is 12.8 Å². The molecular weight excluding hydrogens is 194 g/mol. The van der Waals surface area contributed by atoms with Crippen molar-refractivity contribution in [1.82, 2.24) is 10.1 Å². The maximum atomic E-state index is 11.1. The molecule has 1 aliphatic heterocycles. The molecule has 1 fully saturated rings. The van der Waals surface area contributed by atoms with Gasteiger partial charge < -0.3 is 9.42 Å². The van der Waals surface area contributed by atoms with Crippen LogP contribution in [0.1, 0.15) is 38.4 Å². The summed E-state index contributed by atoms with van der Waals surface area (Å²) in [5.74, 6) is 1.01. The fourth-order valence-corrected chi connectivity index (χ4v) is 1.64. The number of rotatable bonds is 2. The van der Waals surface area contributed by atoms with Crippen molar-refractivity contribution in [2.45, 2.75) is 38.7 Å². The normalized spacial score (nSPS) is 18.8. The van der Waals surface area contributed by atoms with E-state index < -0.39 is 6.10 Å². The number of aromatic nitrogens is 2. The first kappa shape index (κ1) is 10.4. The van der Waals surface area contributed by atoms with Gasteiger partial charge in [-0.25, -0.2) is 5.11 Å². The van der Waals surface area contributed by atoms with E-state index in [4.69, 9.17) is 4.52 Å². The Morgan fingerprint density at radius 2 is 2.07 bits per heavy atom. The third-order valence-electron chi connectivity index (χ3n) is 2.66. The van der Waals surface area contributed by atoms with E-state index in [1.165, 1.54) is 0 Å². The zero-order chi connectivity index (χ0) is 10.8. The molecule has 83 valence electrons. The maximum Gasteiger partial charge on any atom is 0.324 e. The molecule has 0 N–H and O–H groups in total. The first-order chi connectivity index (χ1) is 7.16. The molecule has 5 heteroatoms. The number of hydrogen-bond donors (Lipinski definition) is 0. The molecule has 1 aliphatic rings. The molecule has 0 aromatic carbocycles. The average Bonchev–Trinajstić information content (AvgIpc) is 2.68. The fraction of sp³-hybridized carbons (Fsp3) is 0.800. The highest BCUT2D eigenvalue weighted by atomic mass is 16.5. The van der Waals surface area contributed by atoms with Crippen molar-refractivity contribution < 1.29 is 9.63 Å². The second kappa shape index (κ2) is 4.18. The summed E-state index contributed by atoms with van der Waals surface area (Å²) in [6, 6.07) is 0.561. The van der Waals surface area contributed by atoms with Crippen LogP contribution < -0.4 is 4.90 Å². The van der Waals surface area contributed by atoms with Crippen molar-refractivity contribution in [3.8, 4) is 0 Å². The first-order valence-corrected chi connectivity index (χ1v) is 5.41. The second-order valence-corrected chi connectivity index (χ2v) is 4.28. The summed E-state index contributed by atoms with van der Waals surface area (Å²) in [5, 5.41) is 15.0. The SMILES string of the molecule is CC(C)c1noc(N2CCC([O])CC2)n1. The molecule has 15 heavy (non-hydrogen) atoms. The Kier molecular flexibility index (Phi) is 2.90. The highest BCUT2D eigenvalue weighted by molar-refractivity contribution is 5.26. The predicted molar refractivity (Wildman–Crippen MR) is 54.3 cm³/mol. The van der Waals surface area contributed by atoms with Crippen LogP contribution in [-0.2, 0) is 5.11 Å². The van der Waals surface area contributed by atoms with Gasteiger partial charge in [0.2, 0.25) is 0 Å². The molecule has 0 aliphatic carbocycles. The number of piperidine rings is 1. The Morgan fingerprint density at radius 1 is 1.40 bits per heavy atom. The van der Waals surface area contributed by atoms with Gasteiger partial charge in [-0.15, -0.1) is 0 Å². The standard InChI is InChI=1S/C10H16N3O2/c1-7(2)9-11-10(15-12-9)13-5-3-8(14)4-6-13/h7-8H,3-6H2,1-2H3. The van der Waals surface area contributed by atoms with E-state index in [9.17, 15) is 5.11 Å².